The highest BCUT2D eigenvalue weighted by Crippen LogP contribution is 2.38. The summed E-state index contributed by atoms with van der Waals surface area (Å²) in [7, 11) is 0. The van der Waals surface area contributed by atoms with Crippen LogP contribution in [0.3, 0.4) is 0 Å². The highest BCUT2D eigenvalue weighted by Gasteiger charge is 2.47. The van der Waals surface area contributed by atoms with E-state index in [4.69, 9.17) is 4.42 Å². The Morgan fingerprint density at radius 2 is 1.82 bits per heavy atom. The molecule has 3 N–H and O–H groups in total. The Hall–Kier alpha value is -3.62. The molecular weight excluding hydrogens is 523 g/mol. The van der Waals surface area contributed by atoms with Gasteiger partial charge in [-0.15, -0.1) is 0 Å². The maximum atomic E-state index is 14.4. The van der Waals surface area contributed by atoms with Crippen LogP contribution in [0.15, 0.2) is 40.8 Å². The molecular formula is C29H32F3N5O3. The van der Waals surface area contributed by atoms with Crippen molar-refractivity contribution in [2.45, 2.75) is 56.9 Å². The third-order valence-electron chi connectivity index (χ3n) is 7.53. The number of furan rings is 1. The summed E-state index contributed by atoms with van der Waals surface area (Å²) < 4.78 is 49.0. The normalized spacial score (nSPS) is 18.5. The van der Waals surface area contributed by atoms with Gasteiger partial charge in [-0.1, -0.05) is 26.0 Å². The summed E-state index contributed by atoms with van der Waals surface area (Å²) in [5, 5.41) is 18.9. The zero-order valence-corrected chi connectivity index (χ0v) is 22.4. The molecule has 2 aromatic carbocycles. The van der Waals surface area contributed by atoms with Crippen LogP contribution < -0.4 is 16.0 Å². The van der Waals surface area contributed by atoms with Crippen LogP contribution in [0.1, 0.15) is 55.1 Å². The number of nitrogens with one attached hydrogen (secondary N) is 3. The minimum atomic E-state index is -4.70. The van der Waals surface area contributed by atoms with Crippen molar-refractivity contribution in [2.75, 3.05) is 26.2 Å². The number of nitriles is 1. The van der Waals surface area contributed by atoms with Gasteiger partial charge in [-0.2, -0.15) is 18.4 Å². The Morgan fingerprint density at radius 1 is 1.10 bits per heavy atom. The highest BCUT2D eigenvalue weighted by molar-refractivity contribution is 6.08. The van der Waals surface area contributed by atoms with Crippen molar-refractivity contribution in [1.29, 1.82) is 5.26 Å². The quantitative estimate of drug-likeness (QED) is 0.380. The van der Waals surface area contributed by atoms with Crippen LogP contribution in [0.2, 0.25) is 0 Å². The lowest BCUT2D eigenvalue weighted by Crippen LogP contribution is -2.52. The van der Waals surface area contributed by atoms with Crippen molar-refractivity contribution in [1.82, 2.24) is 20.9 Å². The number of rotatable bonds is 8. The SMILES string of the molecule is CC(C)C[C@H](NC(c1ccc2c(c1)oc1ccc(C(=O)N3CCNCC3)cc12)C(F)(F)F)C(=O)NC1(C#N)CC1. The Balaban J connectivity index is 1.44. The number of nitrogens with zero attached hydrogens (tertiary/aromatic N) is 2. The summed E-state index contributed by atoms with van der Waals surface area (Å²) in [4.78, 5) is 27.7. The van der Waals surface area contributed by atoms with E-state index in [2.05, 4.69) is 16.0 Å². The molecule has 0 radical (unpaired) electrons. The first-order valence-corrected chi connectivity index (χ1v) is 13.5. The van der Waals surface area contributed by atoms with Gasteiger partial charge < -0.3 is 20.0 Å². The van der Waals surface area contributed by atoms with E-state index < -0.39 is 29.7 Å². The van der Waals surface area contributed by atoms with E-state index in [0.29, 0.717) is 47.9 Å². The molecule has 3 aromatic rings. The van der Waals surface area contributed by atoms with Gasteiger partial charge in [-0.3, -0.25) is 14.9 Å². The minimum Gasteiger partial charge on any atom is -0.456 e. The predicted molar refractivity (Wildman–Crippen MR) is 143 cm³/mol. The van der Waals surface area contributed by atoms with Gasteiger partial charge in [0.1, 0.15) is 22.7 Å². The number of carbonyl (C=O) groups excluding carboxylic acids is 2. The number of carbonyl (C=O) groups is 2. The molecule has 11 heteroatoms. The molecule has 2 fully saturated rings. The maximum absolute atomic E-state index is 14.4. The maximum Gasteiger partial charge on any atom is 0.407 e. The average Bonchev–Trinajstić information content (AvgIpc) is 3.60. The third-order valence-corrected chi connectivity index (χ3v) is 7.53. The first-order valence-electron chi connectivity index (χ1n) is 13.5. The fourth-order valence-electron chi connectivity index (χ4n) is 5.17. The number of hydrogen-bond acceptors (Lipinski definition) is 6. The zero-order chi connectivity index (χ0) is 28.7. The van der Waals surface area contributed by atoms with Crippen molar-refractivity contribution in [3.05, 3.63) is 47.5 Å². The second-order valence-electron chi connectivity index (χ2n) is 11.1. The minimum absolute atomic E-state index is 0.0645. The molecule has 2 heterocycles. The average molecular weight is 556 g/mol. The monoisotopic (exact) mass is 555 g/mol. The molecule has 1 unspecified atom stereocenters. The van der Waals surface area contributed by atoms with Crippen LogP contribution in [0.25, 0.3) is 21.9 Å². The van der Waals surface area contributed by atoms with Gasteiger partial charge in [0.15, 0.2) is 0 Å². The summed E-state index contributed by atoms with van der Waals surface area (Å²) in [6.45, 7) is 6.29. The summed E-state index contributed by atoms with van der Waals surface area (Å²) in [6.07, 6.45) is -3.57. The molecule has 2 amide bonds. The Bertz CT molecular complexity index is 1470. The molecule has 1 saturated carbocycles. The molecule has 40 heavy (non-hydrogen) atoms. The van der Waals surface area contributed by atoms with E-state index in [9.17, 15) is 28.0 Å². The van der Waals surface area contributed by atoms with Crippen molar-refractivity contribution in [3.63, 3.8) is 0 Å². The van der Waals surface area contributed by atoms with E-state index in [1.165, 1.54) is 12.1 Å². The number of piperazine rings is 1. The van der Waals surface area contributed by atoms with E-state index >= 15 is 0 Å². The smallest absolute Gasteiger partial charge is 0.407 e. The van der Waals surface area contributed by atoms with Crippen molar-refractivity contribution < 1.29 is 27.2 Å². The Labute approximate surface area is 229 Å². The number of halogens is 3. The molecule has 1 saturated heterocycles. The van der Waals surface area contributed by atoms with Crippen LogP contribution in [0.4, 0.5) is 13.2 Å². The van der Waals surface area contributed by atoms with Gasteiger partial charge >= 0.3 is 6.18 Å². The van der Waals surface area contributed by atoms with Gasteiger partial charge in [0.05, 0.1) is 12.1 Å². The summed E-state index contributed by atoms with van der Waals surface area (Å²) >= 11 is 0. The van der Waals surface area contributed by atoms with Gasteiger partial charge in [0.2, 0.25) is 5.91 Å². The van der Waals surface area contributed by atoms with E-state index in [0.717, 1.165) is 13.1 Å². The number of fused-ring (bicyclic) bond motifs is 3. The molecule has 1 aliphatic carbocycles. The van der Waals surface area contributed by atoms with Crippen LogP contribution in [-0.2, 0) is 4.79 Å². The summed E-state index contributed by atoms with van der Waals surface area (Å²) in [6, 6.07) is 8.07. The molecule has 2 aliphatic rings. The Kier molecular flexibility index (Phi) is 7.50. The number of benzene rings is 2. The number of alkyl halides is 3. The lowest BCUT2D eigenvalue weighted by atomic mass is 9.98. The molecule has 1 aromatic heterocycles. The fourth-order valence-corrected chi connectivity index (χ4v) is 5.17. The van der Waals surface area contributed by atoms with E-state index in [-0.39, 0.29) is 29.4 Å². The zero-order valence-electron chi connectivity index (χ0n) is 22.4. The standard InChI is InChI=1S/C29H32F3N5O3/c1-17(2)13-22(26(38)36-28(16-33)7-8-28)35-25(29(30,31)32)18-3-5-20-21-14-19(4-6-23(21)40-24(20)15-18)27(39)37-11-9-34-10-12-37/h3-6,14-15,17,22,25,34-35H,7-13H2,1-2H3,(H,36,38)/t22-,25?/m0/s1. The largest absolute Gasteiger partial charge is 0.456 e. The molecule has 8 nitrogen and oxygen atoms in total. The van der Waals surface area contributed by atoms with E-state index in [1.807, 2.05) is 19.9 Å². The van der Waals surface area contributed by atoms with Crippen LogP contribution >= 0.6 is 0 Å². The second kappa shape index (κ2) is 10.7. The molecule has 0 bridgehead atoms. The first-order chi connectivity index (χ1) is 19.0. The molecule has 0 spiro atoms. The van der Waals surface area contributed by atoms with Crippen molar-refractivity contribution in [2.24, 2.45) is 5.92 Å². The predicted octanol–water partition coefficient (Wildman–Crippen LogP) is 4.41. The third kappa shape index (κ3) is 5.78. The second-order valence-corrected chi connectivity index (χ2v) is 11.1. The topological polar surface area (TPSA) is 110 Å². The van der Waals surface area contributed by atoms with Crippen LogP contribution in [-0.4, -0.2) is 60.7 Å². The number of amides is 2. The Morgan fingerprint density at radius 3 is 2.45 bits per heavy atom. The summed E-state index contributed by atoms with van der Waals surface area (Å²) in [5.41, 5.74) is 0.119. The highest BCUT2D eigenvalue weighted by atomic mass is 19.4. The first kappa shape index (κ1) is 27.9. The van der Waals surface area contributed by atoms with E-state index in [1.54, 1.807) is 29.2 Å². The van der Waals surface area contributed by atoms with Gasteiger partial charge in [-0.05, 0) is 55.0 Å². The van der Waals surface area contributed by atoms with Crippen LogP contribution in [0.5, 0.6) is 0 Å². The van der Waals surface area contributed by atoms with Gasteiger partial charge in [-0.25, -0.2) is 0 Å². The lowest BCUT2D eigenvalue weighted by Gasteiger charge is -2.29. The van der Waals surface area contributed by atoms with Crippen LogP contribution in [0, 0.1) is 17.2 Å². The lowest BCUT2D eigenvalue weighted by molar-refractivity contribution is -0.161. The van der Waals surface area contributed by atoms with Crippen molar-refractivity contribution in [3.8, 4) is 6.07 Å². The molecule has 5 rings (SSSR count). The molecule has 1 aliphatic heterocycles. The molecule has 2 atom stereocenters. The number of hydrogen-bond donors (Lipinski definition) is 3. The summed E-state index contributed by atoms with van der Waals surface area (Å²) in [5.74, 6) is -0.784. The molecule has 212 valence electrons. The van der Waals surface area contributed by atoms with Crippen molar-refractivity contribution >= 4 is 33.8 Å². The fraction of sp³-hybridized carbons (Fsp3) is 0.483. The van der Waals surface area contributed by atoms with Gasteiger partial charge in [0, 0.05) is 42.5 Å². The van der Waals surface area contributed by atoms with Gasteiger partial charge in [0.25, 0.3) is 5.91 Å².